The minimum Gasteiger partial charge on any atom is -0.598 e. The van der Waals surface area contributed by atoms with Crippen LogP contribution in [0.5, 0.6) is 11.5 Å². The molecule has 0 radical (unpaired) electrons. The zero-order chi connectivity index (χ0) is 27.5. The molecule has 1 unspecified atom stereocenters. The largest absolute Gasteiger partial charge is 0.598 e. The van der Waals surface area contributed by atoms with E-state index < -0.39 is 11.4 Å². The van der Waals surface area contributed by atoms with Crippen molar-refractivity contribution in [2.45, 2.75) is 39.4 Å². The van der Waals surface area contributed by atoms with Gasteiger partial charge in [0.05, 0.1) is 18.8 Å². The van der Waals surface area contributed by atoms with E-state index in [2.05, 4.69) is 23.3 Å². The number of ether oxygens (including phenoxy) is 2. The Morgan fingerprint density at radius 1 is 1.02 bits per heavy atom. The van der Waals surface area contributed by atoms with Gasteiger partial charge >= 0.3 is 0 Å². The Morgan fingerprint density at radius 2 is 1.88 bits per heavy atom. The molecule has 9 heteroatoms. The van der Waals surface area contributed by atoms with Gasteiger partial charge in [-0.2, -0.15) is 0 Å². The molecule has 2 aliphatic rings. The summed E-state index contributed by atoms with van der Waals surface area (Å²) in [4.78, 5) is 22.5. The number of unbranched alkanes of at least 4 members (excludes halogenated alkanes) is 1. The number of nitrogens with zero attached hydrogens (tertiary/aromatic N) is 3. The summed E-state index contributed by atoms with van der Waals surface area (Å²) < 4.78 is 25.8. The van der Waals surface area contributed by atoms with Crippen LogP contribution < -0.4 is 14.8 Å². The smallest absolute Gasteiger partial charge is 0.270 e. The van der Waals surface area contributed by atoms with Gasteiger partial charge in [-0.15, -0.1) is 4.31 Å². The quantitative estimate of drug-likeness (QED) is 0.282. The second-order valence-corrected chi connectivity index (χ2v) is 11.4. The standard InChI is InChI=1S/C31H30N4O4S/c1-2-3-12-40(37)35-18-25-15-27(31(36)33-16-21-9-10-28-29(13-21)39-20-38-28)34-30(26(25)19-35)23-7-4-6-22(14-23)24-8-5-11-32-17-24/h4-11,13-15,17H,2-3,12,16,18-20H2,1H3,(H,33,36). The van der Waals surface area contributed by atoms with E-state index in [1.807, 2.05) is 65.1 Å². The van der Waals surface area contributed by atoms with Crippen molar-refractivity contribution in [3.63, 3.8) is 0 Å². The lowest BCUT2D eigenvalue weighted by Crippen LogP contribution is -2.28. The molecule has 1 amide bonds. The molecule has 0 aliphatic carbocycles. The van der Waals surface area contributed by atoms with Crippen molar-refractivity contribution in [1.82, 2.24) is 19.6 Å². The fourth-order valence-electron chi connectivity index (χ4n) is 4.96. The lowest BCUT2D eigenvalue weighted by atomic mass is 9.98. The van der Waals surface area contributed by atoms with Crippen LogP contribution in [0.2, 0.25) is 0 Å². The number of amides is 1. The summed E-state index contributed by atoms with van der Waals surface area (Å²) in [5.74, 6) is 1.74. The fourth-order valence-corrected chi connectivity index (χ4v) is 6.31. The Kier molecular flexibility index (Phi) is 7.68. The van der Waals surface area contributed by atoms with E-state index in [9.17, 15) is 9.35 Å². The highest BCUT2D eigenvalue weighted by molar-refractivity contribution is 7.89. The highest BCUT2D eigenvalue weighted by atomic mass is 32.2. The molecule has 0 fully saturated rings. The molecule has 2 aromatic heterocycles. The van der Waals surface area contributed by atoms with Crippen LogP contribution in [0.4, 0.5) is 0 Å². The van der Waals surface area contributed by atoms with Crippen LogP contribution in [0.15, 0.2) is 73.1 Å². The van der Waals surface area contributed by atoms with Crippen LogP contribution in [-0.4, -0.2) is 37.3 Å². The molecule has 0 bridgehead atoms. The summed E-state index contributed by atoms with van der Waals surface area (Å²) in [5, 5.41) is 3.00. The van der Waals surface area contributed by atoms with E-state index in [4.69, 9.17) is 14.5 Å². The zero-order valence-corrected chi connectivity index (χ0v) is 23.1. The molecule has 40 heavy (non-hydrogen) atoms. The number of benzene rings is 2. The molecule has 2 aliphatic heterocycles. The van der Waals surface area contributed by atoms with Crippen molar-refractivity contribution in [1.29, 1.82) is 0 Å². The van der Waals surface area contributed by atoms with Crippen molar-refractivity contribution in [3.8, 4) is 33.9 Å². The highest BCUT2D eigenvalue weighted by Crippen LogP contribution is 2.36. The number of nitrogens with one attached hydrogen (secondary N) is 1. The first kappa shape index (κ1) is 26.3. The lowest BCUT2D eigenvalue weighted by molar-refractivity contribution is 0.0946. The van der Waals surface area contributed by atoms with E-state index >= 15 is 0 Å². The summed E-state index contributed by atoms with van der Waals surface area (Å²) in [5.41, 5.74) is 6.90. The van der Waals surface area contributed by atoms with Crippen LogP contribution >= 0.6 is 0 Å². The molecule has 4 aromatic rings. The number of carbonyl (C=O) groups excluding carboxylic acids is 1. The molecule has 6 rings (SSSR count). The summed E-state index contributed by atoms with van der Waals surface area (Å²) in [6.07, 6.45) is 5.48. The SMILES string of the molecule is CCCC[S+]([O-])N1Cc2cc(C(=O)NCc3ccc4c(c3)OCO4)nc(-c3cccc(-c4cccnc4)c3)c2C1. The summed E-state index contributed by atoms with van der Waals surface area (Å²) in [6, 6.07) is 19.5. The molecular formula is C31H30N4O4S. The van der Waals surface area contributed by atoms with Crippen molar-refractivity contribution in [3.05, 3.63) is 95.4 Å². The first-order chi connectivity index (χ1) is 19.6. The third kappa shape index (κ3) is 5.54. The monoisotopic (exact) mass is 554 g/mol. The van der Waals surface area contributed by atoms with Gasteiger partial charge in [-0.05, 0) is 53.4 Å². The molecule has 0 saturated carbocycles. The van der Waals surface area contributed by atoms with Gasteiger partial charge in [0, 0.05) is 47.0 Å². The molecule has 8 nitrogen and oxygen atoms in total. The van der Waals surface area contributed by atoms with E-state index in [0.717, 1.165) is 51.9 Å². The summed E-state index contributed by atoms with van der Waals surface area (Å²) >= 11 is -1.09. The molecule has 2 aromatic carbocycles. The predicted octanol–water partition coefficient (Wildman–Crippen LogP) is 5.25. The van der Waals surface area contributed by atoms with Gasteiger partial charge in [0.2, 0.25) is 6.79 Å². The van der Waals surface area contributed by atoms with Crippen LogP contribution in [-0.2, 0) is 31.0 Å². The second-order valence-electron chi connectivity index (χ2n) is 9.86. The molecule has 204 valence electrons. The number of rotatable bonds is 9. The molecular weight excluding hydrogens is 524 g/mol. The number of aromatic nitrogens is 2. The Balaban J connectivity index is 1.31. The van der Waals surface area contributed by atoms with Gasteiger partial charge in [0.25, 0.3) is 5.91 Å². The topological polar surface area (TPSA) is 99.6 Å². The summed E-state index contributed by atoms with van der Waals surface area (Å²) in [7, 11) is 0. The lowest BCUT2D eigenvalue weighted by Gasteiger charge is -2.19. The Labute approximate surface area is 236 Å². The van der Waals surface area contributed by atoms with Gasteiger partial charge in [0.15, 0.2) is 11.5 Å². The second kappa shape index (κ2) is 11.7. The maximum Gasteiger partial charge on any atom is 0.270 e. The molecule has 1 atom stereocenters. The van der Waals surface area contributed by atoms with E-state index in [0.29, 0.717) is 42.6 Å². The van der Waals surface area contributed by atoms with Crippen molar-refractivity contribution < 1.29 is 18.8 Å². The zero-order valence-electron chi connectivity index (χ0n) is 22.3. The minimum atomic E-state index is -1.09. The number of pyridine rings is 2. The van der Waals surface area contributed by atoms with Crippen LogP contribution in [0.1, 0.15) is 46.9 Å². The summed E-state index contributed by atoms with van der Waals surface area (Å²) in [6.45, 7) is 3.68. The normalized spacial score (nSPS) is 14.7. The number of hydrogen-bond acceptors (Lipinski definition) is 7. The van der Waals surface area contributed by atoms with Crippen molar-refractivity contribution in [2.24, 2.45) is 0 Å². The van der Waals surface area contributed by atoms with E-state index in [-0.39, 0.29) is 12.7 Å². The van der Waals surface area contributed by atoms with Gasteiger partial charge in [-0.1, -0.05) is 43.7 Å². The number of hydrogen-bond donors (Lipinski definition) is 1. The van der Waals surface area contributed by atoms with Gasteiger partial charge in [-0.25, -0.2) is 4.98 Å². The van der Waals surface area contributed by atoms with Crippen LogP contribution in [0.25, 0.3) is 22.4 Å². The Hall–Kier alpha value is -3.92. The average molecular weight is 555 g/mol. The number of carbonyl (C=O) groups is 1. The van der Waals surface area contributed by atoms with Crippen molar-refractivity contribution in [2.75, 3.05) is 12.5 Å². The maximum absolute atomic E-state index is 13.4. The average Bonchev–Trinajstić information content (AvgIpc) is 3.65. The predicted molar refractivity (Wildman–Crippen MR) is 154 cm³/mol. The first-order valence-corrected chi connectivity index (χ1v) is 14.7. The van der Waals surface area contributed by atoms with Gasteiger partial charge < -0.3 is 19.3 Å². The highest BCUT2D eigenvalue weighted by Gasteiger charge is 2.32. The van der Waals surface area contributed by atoms with Gasteiger partial charge in [-0.3, -0.25) is 9.78 Å². The molecule has 0 spiro atoms. The van der Waals surface area contributed by atoms with Crippen molar-refractivity contribution >= 4 is 17.3 Å². The fraction of sp³-hybridized carbons (Fsp3) is 0.258. The third-order valence-corrected chi connectivity index (χ3v) is 8.58. The third-order valence-electron chi connectivity index (χ3n) is 7.11. The van der Waals surface area contributed by atoms with E-state index in [1.165, 1.54) is 0 Å². The maximum atomic E-state index is 13.4. The van der Waals surface area contributed by atoms with Crippen LogP contribution in [0, 0.1) is 0 Å². The molecule has 4 heterocycles. The Bertz CT molecular complexity index is 1530. The van der Waals surface area contributed by atoms with Gasteiger partial charge in [0.1, 0.15) is 11.4 Å². The minimum absolute atomic E-state index is 0.204. The molecule has 0 saturated heterocycles. The Morgan fingerprint density at radius 3 is 2.73 bits per heavy atom. The van der Waals surface area contributed by atoms with Crippen LogP contribution in [0.3, 0.4) is 0 Å². The number of fused-ring (bicyclic) bond motifs is 2. The first-order valence-electron chi connectivity index (χ1n) is 13.4. The van der Waals surface area contributed by atoms with E-state index in [1.54, 1.807) is 6.20 Å². The molecule has 1 N–H and O–H groups in total.